The third-order valence-corrected chi connectivity index (χ3v) is 2.95. The maximum atomic E-state index is 11.4. The fourth-order valence-corrected chi connectivity index (χ4v) is 2.06. The summed E-state index contributed by atoms with van der Waals surface area (Å²) in [6.07, 6.45) is 3.40. The van der Waals surface area contributed by atoms with E-state index >= 15 is 0 Å². The quantitative estimate of drug-likeness (QED) is 0.758. The van der Waals surface area contributed by atoms with Gasteiger partial charge in [0.15, 0.2) is 0 Å². The van der Waals surface area contributed by atoms with E-state index in [1.165, 1.54) is 0 Å². The number of carbonyl (C=O) groups excluding carboxylic acids is 1. The fraction of sp³-hybridized carbons (Fsp3) is 0. The number of amides is 1. The standard InChI is InChI=1S/C15H11N3O/c16-15(19)12-4-2-8-18-14(12)11-5-6-13-10(9-11)3-1-7-17-13/h1-9H,(H2,16,19). The number of hydrogen-bond acceptors (Lipinski definition) is 3. The van der Waals surface area contributed by atoms with Crippen LogP contribution in [0.2, 0.25) is 0 Å². The van der Waals surface area contributed by atoms with Crippen molar-refractivity contribution >= 4 is 16.8 Å². The zero-order valence-corrected chi connectivity index (χ0v) is 10.1. The Bertz CT molecular complexity index is 768. The molecule has 0 saturated carbocycles. The summed E-state index contributed by atoms with van der Waals surface area (Å²) in [6, 6.07) is 13.0. The van der Waals surface area contributed by atoms with Crippen LogP contribution in [0.15, 0.2) is 54.9 Å². The highest BCUT2D eigenvalue weighted by atomic mass is 16.1. The molecule has 2 N–H and O–H groups in total. The van der Waals surface area contributed by atoms with Gasteiger partial charge in [0, 0.05) is 23.3 Å². The number of benzene rings is 1. The number of hydrogen-bond donors (Lipinski definition) is 1. The molecule has 1 amide bonds. The molecule has 19 heavy (non-hydrogen) atoms. The van der Waals surface area contributed by atoms with Gasteiger partial charge in [0.05, 0.1) is 16.8 Å². The molecule has 0 bridgehead atoms. The van der Waals surface area contributed by atoms with Gasteiger partial charge >= 0.3 is 0 Å². The summed E-state index contributed by atoms with van der Waals surface area (Å²) in [5.74, 6) is -0.477. The van der Waals surface area contributed by atoms with E-state index in [1.807, 2.05) is 30.3 Å². The molecule has 4 heteroatoms. The minimum Gasteiger partial charge on any atom is -0.366 e. The molecule has 0 atom stereocenters. The number of fused-ring (bicyclic) bond motifs is 1. The van der Waals surface area contributed by atoms with Crippen molar-refractivity contribution in [3.8, 4) is 11.3 Å². The van der Waals surface area contributed by atoms with Crippen molar-refractivity contribution in [3.63, 3.8) is 0 Å². The molecule has 4 nitrogen and oxygen atoms in total. The van der Waals surface area contributed by atoms with E-state index in [1.54, 1.807) is 24.5 Å². The third-order valence-electron chi connectivity index (χ3n) is 2.95. The molecule has 92 valence electrons. The minimum atomic E-state index is -0.477. The SMILES string of the molecule is NC(=O)c1cccnc1-c1ccc2ncccc2c1. The predicted molar refractivity (Wildman–Crippen MR) is 73.5 cm³/mol. The van der Waals surface area contributed by atoms with E-state index in [0.717, 1.165) is 16.5 Å². The number of primary amides is 1. The number of carbonyl (C=O) groups is 1. The number of nitrogens with two attached hydrogens (primary N) is 1. The second-order valence-electron chi connectivity index (χ2n) is 4.17. The summed E-state index contributed by atoms with van der Waals surface area (Å²) >= 11 is 0. The molecule has 0 unspecified atom stereocenters. The smallest absolute Gasteiger partial charge is 0.250 e. The lowest BCUT2D eigenvalue weighted by atomic mass is 10.0. The highest BCUT2D eigenvalue weighted by Crippen LogP contribution is 2.24. The summed E-state index contributed by atoms with van der Waals surface area (Å²) in [5.41, 5.74) is 8.15. The molecule has 0 saturated heterocycles. The van der Waals surface area contributed by atoms with Gasteiger partial charge in [-0.05, 0) is 30.3 Å². The Kier molecular flexibility index (Phi) is 2.68. The maximum absolute atomic E-state index is 11.4. The average Bonchev–Trinajstić information content (AvgIpc) is 2.46. The van der Waals surface area contributed by atoms with E-state index < -0.39 is 5.91 Å². The highest BCUT2D eigenvalue weighted by molar-refractivity contribution is 5.99. The first-order chi connectivity index (χ1) is 9.25. The van der Waals surface area contributed by atoms with Crippen LogP contribution in [0.5, 0.6) is 0 Å². The Labute approximate surface area is 109 Å². The van der Waals surface area contributed by atoms with E-state index in [4.69, 9.17) is 5.73 Å². The molecule has 0 aliphatic carbocycles. The monoisotopic (exact) mass is 249 g/mol. The number of rotatable bonds is 2. The second-order valence-corrected chi connectivity index (χ2v) is 4.17. The van der Waals surface area contributed by atoms with Crippen LogP contribution in [0.25, 0.3) is 22.2 Å². The maximum Gasteiger partial charge on any atom is 0.250 e. The van der Waals surface area contributed by atoms with E-state index in [2.05, 4.69) is 9.97 Å². The zero-order valence-electron chi connectivity index (χ0n) is 10.1. The van der Waals surface area contributed by atoms with Crippen LogP contribution in [0.1, 0.15) is 10.4 Å². The summed E-state index contributed by atoms with van der Waals surface area (Å²) in [4.78, 5) is 19.9. The molecule has 3 rings (SSSR count). The number of aromatic nitrogens is 2. The van der Waals surface area contributed by atoms with Gasteiger partial charge < -0.3 is 5.73 Å². The van der Waals surface area contributed by atoms with Crippen LogP contribution in [-0.2, 0) is 0 Å². The van der Waals surface area contributed by atoms with Crippen LogP contribution < -0.4 is 5.73 Å². The van der Waals surface area contributed by atoms with Gasteiger partial charge in [-0.1, -0.05) is 12.1 Å². The normalized spacial score (nSPS) is 10.5. The average molecular weight is 249 g/mol. The molecular weight excluding hydrogens is 238 g/mol. The van der Waals surface area contributed by atoms with Crippen LogP contribution in [0, 0.1) is 0 Å². The first-order valence-electron chi connectivity index (χ1n) is 5.86. The summed E-state index contributed by atoms with van der Waals surface area (Å²) in [5, 5.41) is 1.00. The predicted octanol–water partition coefficient (Wildman–Crippen LogP) is 2.40. The number of pyridine rings is 2. The lowest BCUT2D eigenvalue weighted by Gasteiger charge is -2.06. The van der Waals surface area contributed by atoms with Crippen LogP contribution in [0.4, 0.5) is 0 Å². The summed E-state index contributed by atoms with van der Waals surface area (Å²) < 4.78 is 0. The highest BCUT2D eigenvalue weighted by Gasteiger charge is 2.11. The Hall–Kier alpha value is -2.75. The lowest BCUT2D eigenvalue weighted by molar-refractivity contribution is 0.100. The van der Waals surface area contributed by atoms with Crippen molar-refractivity contribution < 1.29 is 4.79 Å². The largest absolute Gasteiger partial charge is 0.366 e. The minimum absolute atomic E-state index is 0.422. The molecule has 0 aliphatic heterocycles. The van der Waals surface area contributed by atoms with Crippen LogP contribution in [-0.4, -0.2) is 15.9 Å². The summed E-state index contributed by atoms with van der Waals surface area (Å²) in [6.45, 7) is 0. The Balaban J connectivity index is 2.22. The zero-order chi connectivity index (χ0) is 13.2. The van der Waals surface area contributed by atoms with Crippen LogP contribution >= 0.6 is 0 Å². The van der Waals surface area contributed by atoms with E-state index in [-0.39, 0.29) is 0 Å². The molecular formula is C15H11N3O. The lowest BCUT2D eigenvalue weighted by Crippen LogP contribution is -2.12. The van der Waals surface area contributed by atoms with Gasteiger partial charge in [-0.25, -0.2) is 0 Å². The molecule has 0 spiro atoms. The molecule has 0 fully saturated rings. The topological polar surface area (TPSA) is 68.9 Å². The Morgan fingerprint density at radius 1 is 1.00 bits per heavy atom. The van der Waals surface area contributed by atoms with Gasteiger partial charge in [0.1, 0.15) is 0 Å². The molecule has 0 aliphatic rings. The van der Waals surface area contributed by atoms with Gasteiger partial charge in [0.25, 0.3) is 5.91 Å². The molecule has 0 radical (unpaired) electrons. The van der Waals surface area contributed by atoms with Gasteiger partial charge in [-0.15, -0.1) is 0 Å². The molecule has 1 aromatic carbocycles. The summed E-state index contributed by atoms with van der Waals surface area (Å²) in [7, 11) is 0. The van der Waals surface area contributed by atoms with E-state index in [9.17, 15) is 4.79 Å². The van der Waals surface area contributed by atoms with E-state index in [0.29, 0.717) is 11.3 Å². The van der Waals surface area contributed by atoms with Gasteiger partial charge in [0.2, 0.25) is 0 Å². The number of nitrogens with zero attached hydrogens (tertiary/aromatic N) is 2. The van der Waals surface area contributed by atoms with Crippen molar-refractivity contribution in [1.29, 1.82) is 0 Å². The van der Waals surface area contributed by atoms with Crippen molar-refractivity contribution in [1.82, 2.24) is 9.97 Å². The van der Waals surface area contributed by atoms with Gasteiger partial charge in [-0.2, -0.15) is 0 Å². The Morgan fingerprint density at radius 3 is 2.63 bits per heavy atom. The fourth-order valence-electron chi connectivity index (χ4n) is 2.06. The second kappa shape index (κ2) is 4.49. The van der Waals surface area contributed by atoms with Crippen molar-refractivity contribution in [3.05, 3.63) is 60.4 Å². The first kappa shape index (κ1) is 11.3. The van der Waals surface area contributed by atoms with Crippen molar-refractivity contribution in [2.24, 2.45) is 5.73 Å². The van der Waals surface area contributed by atoms with Gasteiger partial charge in [-0.3, -0.25) is 14.8 Å². The van der Waals surface area contributed by atoms with Crippen LogP contribution in [0.3, 0.4) is 0 Å². The molecule has 3 aromatic rings. The van der Waals surface area contributed by atoms with Crippen molar-refractivity contribution in [2.75, 3.05) is 0 Å². The molecule has 2 heterocycles. The molecule has 2 aromatic heterocycles. The first-order valence-corrected chi connectivity index (χ1v) is 5.86. The third kappa shape index (κ3) is 2.04. The Morgan fingerprint density at radius 2 is 1.79 bits per heavy atom. The van der Waals surface area contributed by atoms with Crippen molar-refractivity contribution in [2.45, 2.75) is 0 Å².